The first-order chi connectivity index (χ1) is 4.84. The van der Waals surface area contributed by atoms with Crippen molar-refractivity contribution in [1.29, 1.82) is 0 Å². The van der Waals surface area contributed by atoms with Crippen molar-refractivity contribution in [2.24, 2.45) is 10.7 Å². The van der Waals surface area contributed by atoms with Crippen molar-refractivity contribution in [3.63, 3.8) is 0 Å². The van der Waals surface area contributed by atoms with Gasteiger partial charge in [0.1, 0.15) is 5.84 Å². The Kier molecular flexibility index (Phi) is 2.74. The molecule has 3 N–H and O–H groups in total. The Morgan fingerprint density at radius 3 is 3.10 bits per heavy atom. The zero-order chi connectivity index (χ0) is 7.40. The number of hydrogen-bond acceptors (Lipinski definition) is 3. The average molecular weight is 204 g/mol. The molecule has 0 aromatic rings. The number of hydrogen-bond donors (Lipinski definition) is 2. The molecule has 4 heteroatoms. The molecule has 1 aliphatic rings. The van der Waals surface area contributed by atoms with Crippen LogP contribution in [-0.4, -0.2) is 18.9 Å². The van der Waals surface area contributed by atoms with Gasteiger partial charge in [-0.25, -0.2) is 0 Å². The van der Waals surface area contributed by atoms with E-state index in [1.54, 1.807) is 0 Å². The minimum Gasteiger partial charge on any atom is -0.404 e. The third-order valence-electron chi connectivity index (χ3n) is 1.27. The number of amidine groups is 1. The highest BCUT2D eigenvalue weighted by Gasteiger charge is 2.05. The summed E-state index contributed by atoms with van der Waals surface area (Å²) in [5.74, 6) is 0.869. The van der Waals surface area contributed by atoms with E-state index >= 15 is 0 Å². The SMILES string of the molecule is NC=C(Br)C1=NCCCN1. The molecule has 0 unspecified atom stereocenters. The molecule has 0 amide bonds. The van der Waals surface area contributed by atoms with Crippen LogP contribution in [-0.2, 0) is 0 Å². The van der Waals surface area contributed by atoms with Crippen LogP contribution in [0.2, 0.25) is 0 Å². The number of nitrogens with two attached hydrogens (primary N) is 1. The van der Waals surface area contributed by atoms with Crippen LogP contribution in [0.4, 0.5) is 0 Å². The quantitative estimate of drug-likeness (QED) is 0.656. The molecule has 1 rings (SSSR count). The van der Waals surface area contributed by atoms with E-state index < -0.39 is 0 Å². The second kappa shape index (κ2) is 3.61. The van der Waals surface area contributed by atoms with Crippen molar-refractivity contribution in [2.45, 2.75) is 6.42 Å². The second-order valence-corrected chi connectivity index (χ2v) is 2.88. The molecule has 0 bridgehead atoms. The van der Waals surface area contributed by atoms with E-state index in [1.165, 1.54) is 6.20 Å². The lowest BCUT2D eigenvalue weighted by molar-refractivity contribution is 0.744. The lowest BCUT2D eigenvalue weighted by Crippen LogP contribution is -2.29. The molecule has 10 heavy (non-hydrogen) atoms. The first-order valence-corrected chi connectivity index (χ1v) is 4.00. The summed E-state index contributed by atoms with van der Waals surface area (Å²) >= 11 is 3.28. The van der Waals surface area contributed by atoms with Crippen molar-refractivity contribution < 1.29 is 0 Å². The van der Waals surface area contributed by atoms with Gasteiger partial charge in [-0.15, -0.1) is 0 Å². The Hall–Kier alpha value is -0.510. The molecule has 3 nitrogen and oxygen atoms in total. The molecule has 1 aliphatic heterocycles. The number of halogens is 1. The molecule has 0 fully saturated rings. The van der Waals surface area contributed by atoms with Crippen molar-refractivity contribution in [3.05, 3.63) is 10.7 Å². The summed E-state index contributed by atoms with van der Waals surface area (Å²) in [6.07, 6.45) is 2.60. The topological polar surface area (TPSA) is 50.4 Å². The van der Waals surface area contributed by atoms with Gasteiger partial charge in [-0.2, -0.15) is 0 Å². The Labute approximate surface area is 68.5 Å². The van der Waals surface area contributed by atoms with Crippen LogP contribution in [0.5, 0.6) is 0 Å². The highest BCUT2D eigenvalue weighted by Crippen LogP contribution is 2.06. The normalized spacial score (nSPS) is 19.7. The zero-order valence-electron chi connectivity index (χ0n) is 5.60. The van der Waals surface area contributed by atoms with Gasteiger partial charge in [0.25, 0.3) is 0 Å². The standard InChI is InChI=1S/C6H10BrN3/c7-5(4-8)6-9-2-1-3-10-6/h4H,1-3,8H2,(H,9,10). The molecule has 1 heterocycles. The molecule has 0 saturated carbocycles. The fourth-order valence-corrected chi connectivity index (χ4v) is 1.04. The molecule has 0 aromatic heterocycles. The van der Waals surface area contributed by atoms with Gasteiger partial charge in [-0.05, 0) is 22.4 Å². The monoisotopic (exact) mass is 203 g/mol. The lowest BCUT2D eigenvalue weighted by Gasteiger charge is -2.12. The van der Waals surface area contributed by atoms with Gasteiger partial charge >= 0.3 is 0 Å². The third-order valence-corrected chi connectivity index (χ3v) is 1.91. The van der Waals surface area contributed by atoms with E-state index in [0.29, 0.717) is 0 Å². The first-order valence-electron chi connectivity index (χ1n) is 3.20. The fraction of sp³-hybridized carbons (Fsp3) is 0.500. The number of aliphatic imine (C=N–C) groups is 1. The van der Waals surface area contributed by atoms with Crippen molar-refractivity contribution in [1.82, 2.24) is 5.32 Å². The molecular weight excluding hydrogens is 194 g/mol. The molecule has 0 atom stereocenters. The maximum Gasteiger partial charge on any atom is 0.136 e. The number of nitrogens with zero attached hydrogens (tertiary/aromatic N) is 1. The molecule has 0 saturated heterocycles. The second-order valence-electron chi connectivity index (χ2n) is 2.03. The maximum atomic E-state index is 5.27. The van der Waals surface area contributed by atoms with Crippen LogP contribution >= 0.6 is 15.9 Å². The van der Waals surface area contributed by atoms with Crippen LogP contribution in [0.15, 0.2) is 15.7 Å². The summed E-state index contributed by atoms with van der Waals surface area (Å²) in [6, 6.07) is 0. The number of nitrogens with one attached hydrogen (secondary N) is 1. The van der Waals surface area contributed by atoms with E-state index in [4.69, 9.17) is 5.73 Å². The van der Waals surface area contributed by atoms with Crippen LogP contribution in [0.25, 0.3) is 0 Å². The van der Waals surface area contributed by atoms with E-state index in [9.17, 15) is 0 Å². The average Bonchev–Trinajstić information content (AvgIpc) is 2.05. The molecule has 56 valence electrons. The van der Waals surface area contributed by atoms with Gasteiger partial charge in [-0.1, -0.05) is 0 Å². The molecule has 0 aliphatic carbocycles. The summed E-state index contributed by atoms with van der Waals surface area (Å²) in [6.45, 7) is 1.88. The van der Waals surface area contributed by atoms with Gasteiger partial charge in [0.05, 0.1) is 4.48 Å². The minimum absolute atomic E-state index is 0.840. The van der Waals surface area contributed by atoms with Gasteiger partial charge in [0.15, 0.2) is 0 Å². The Balaban J connectivity index is 2.62. The van der Waals surface area contributed by atoms with Gasteiger partial charge in [0, 0.05) is 19.3 Å². The van der Waals surface area contributed by atoms with Crippen molar-refractivity contribution >= 4 is 21.8 Å². The van der Waals surface area contributed by atoms with Gasteiger partial charge in [-0.3, -0.25) is 4.99 Å². The van der Waals surface area contributed by atoms with Gasteiger partial charge in [0.2, 0.25) is 0 Å². The van der Waals surface area contributed by atoms with Crippen LogP contribution in [0.1, 0.15) is 6.42 Å². The smallest absolute Gasteiger partial charge is 0.136 e. The summed E-state index contributed by atoms with van der Waals surface area (Å²) in [7, 11) is 0. The van der Waals surface area contributed by atoms with E-state index in [0.717, 1.165) is 29.8 Å². The Bertz CT molecular complexity index is 174. The van der Waals surface area contributed by atoms with E-state index in [2.05, 4.69) is 26.2 Å². The fourth-order valence-electron chi connectivity index (χ4n) is 0.772. The molecular formula is C6H10BrN3. The van der Waals surface area contributed by atoms with Crippen LogP contribution < -0.4 is 11.1 Å². The molecule has 0 radical (unpaired) electrons. The zero-order valence-corrected chi connectivity index (χ0v) is 7.19. The number of rotatable bonds is 1. The van der Waals surface area contributed by atoms with Crippen LogP contribution in [0, 0.1) is 0 Å². The molecule has 0 spiro atoms. The van der Waals surface area contributed by atoms with E-state index in [1.807, 2.05) is 0 Å². The summed E-state index contributed by atoms with van der Waals surface area (Å²) < 4.78 is 0.840. The predicted molar refractivity (Wildman–Crippen MR) is 46.1 cm³/mol. The molecule has 0 aromatic carbocycles. The van der Waals surface area contributed by atoms with Crippen LogP contribution in [0.3, 0.4) is 0 Å². The largest absolute Gasteiger partial charge is 0.404 e. The van der Waals surface area contributed by atoms with E-state index in [-0.39, 0.29) is 0 Å². The highest BCUT2D eigenvalue weighted by atomic mass is 79.9. The van der Waals surface area contributed by atoms with Crippen molar-refractivity contribution in [2.75, 3.05) is 13.1 Å². The first kappa shape index (κ1) is 7.60. The van der Waals surface area contributed by atoms with Crippen molar-refractivity contribution in [3.8, 4) is 0 Å². The summed E-state index contributed by atoms with van der Waals surface area (Å²) in [4.78, 5) is 4.21. The highest BCUT2D eigenvalue weighted by molar-refractivity contribution is 9.12. The lowest BCUT2D eigenvalue weighted by atomic mass is 10.3. The minimum atomic E-state index is 0.840. The third kappa shape index (κ3) is 1.73. The van der Waals surface area contributed by atoms with Gasteiger partial charge < -0.3 is 11.1 Å². The maximum absolute atomic E-state index is 5.27. The Morgan fingerprint density at radius 1 is 1.80 bits per heavy atom. The summed E-state index contributed by atoms with van der Waals surface area (Å²) in [5, 5.41) is 3.12. The Morgan fingerprint density at radius 2 is 2.60 bits per heavy atom. The summed E-state index contributed by atoms with van der Waals surface area (Å²) in [5.41, 5.74) is 5.27. The predicted octanol–water partition coefficient (Wildman–Crippen LogP) is 0.573.